The van der Waals surface area contributed by atoms with Crippen molar-refractivity contribution in [2.75, 3.05) is 14.2 Å². The molecule has 18 heavy (non-hydrogen) atoms. The summed E-state index contributed by atoms with van der Waals surface area (Å²) in [6.45, 7) is 1.91. The van der Waals surface area contributed by atoms with E-state index in [0.717, 1.165) is 0 Å². The van der Waals surface area contributed by atoms with Crippen molar-refractivity contribution in [3.63, 3.8) is 0 Å². The van der Waals surface area contributed by atoms with E-state index in [4.69, 9.17) is 15.9 Å². The topological polar surface area (TPSA) is 47.6 Å². The van der Waals surface area contributed by atoms with Gasteiger partial charge in [0.05, 0.1) is 20.3 Å². The van der Waals surface area contributed by atoms with Crippen LogP contribution in [0.2, 0.25) is 0 Å². The van der Waals surface area contributed by atoms with Gasteiger partial charge in [-0.2, -0.15) is 0 Å². The van der Waals surface area contributed by atoms with Gasteiger partial charge in [-0.1, -0.05) is 18.9 Å². The van der Waals surface area contributed by atoms with Gasteiger partial charge in [0.2, 0.25) is 0 Å². The Balaban J connectivity index is 3.07. The molecule has 1 aromatic carbocycles. The molecule has 1 unspecified atom stereocenters. The van der Waals surface area contributed by atoms with Crippen LogP contribution >= 0.6 is 0 Å². The number of ether oxygens (including phenoxy) is 2. The van der Waals surface area contributed by atoms with Crippen LogP contribution in [-0.2, 0) is 0 Å². The summed E-state index contributed by atoms with van der Waals surface area (Å²) in [5, 5.41) is 2.75. The van der Waals surface area contributed by atoms with E-state index < -0.39 is 0 Å². The minimum absolute atomic E-state index is 0.297. The van der Waals surface area contributed by atoms with E-state index in [-0.39, 0.29) is 11.9 Å². The zero-order valence-electron chi connectivity index (χ0n) is 10.8. The number of carbonyl (C=O) groups is 1. The lowest BCUT2D eigenvalue weighted by Gasteiger charge is -2.15. The highest BCUT2D eigenvalue weighted by atomic mass is 16.5. The van der Waals surface area contributed by atoms with Gasteiger partial charge in [-0.25, -0.2) is 0 Å². The summed E-state index contributed by atoms with van der Waals surface area (Å²) >= 11 is 0. The number of rotatable bonds is 5. The summed E-state index contributed by atoms with van der Waals surface area (Å²) in [5.41, 5.74) is 0.358. The van der Waals surface area contributed by atoms with E-state index in [1.807, 2.05) is 6.92 Å². The molecular weight excluding hydrogens is 230 g/mol. The van der Waals surface area contributed by atoms with Crippen LogP contribution in [0.3, 0.4) is 0 Å². The Labute approximate surface area is 107 Å². The molecule has 1 rings (SSSR count). The van der Waals surface area contributed by atoms with E-state index in [1.54, 1.807) is 18.2 Å². The standard InChI is InChI=1S/C14H17NO3/c1-5-10(6-2)15-14(16)13-11(17-3)8-7-9-12(13)18-4/h1,7-10H,6H2,2-4H3,(H,15,16). The molecule has 96 valence electrons. The van der Waals surface area contributed by atoms with E-state index in [9.17, 15) is 4.79 Å². The van der Waals surface area contributed by atoms with E-state index in [0.29, 0.717) is 23.5 Å². The second-order valence-corrected chi connectivity index (χ2v) is 3.64. The third kappa shape index (κ3) is 2.95. The Hall–Kier alpha value is -2.15. The molecule has 0 bridgehead atoms. The van der Waals surface area contributed by atoms with Crippen molar-refractivity contribution in [3.8, 4) is 23.8 Å². The molecule has 1 atom stereocenters. The molecule has 0 aromatic heterocycles. The highest BCUT2D eigenvalue weighted by Gasteiger charge is 2.19. The number of carbonyl (C=O) groups excluding carboxylic acids is 1. The Morgan fingerprint density at radius 2 is 1.94 bits per heavy atom. The Bertz CT molecular complexity index is 440. The maximum atomic E-state index is 12.2. The molecule has 0 spiro atoms. The fourth-order valence-electron chi connectivity index (χ4n) is 1.57. The molecule has 1 aromatic rings. The first-order chi connectivity index (χ1) is 8.67. The Morgan fingerprint density at radius 3 is 2.33 bits per heavy atom. The number of terminal acetylenes is 1. The summed E-state index contributed by atoms with van der Waals surface area (Å²) in [6.07, 6.45) is 5.99. The number of hydrogen-bond acceptors (Lipinski definition) is 3. The first-order valence-electron chi connectivity index (χ1n) is 5.65. The fourth-order valence-corrected chi connectivity index (χ4v) is 1.57. The van der Waals surface area contributed by atoms with Gasteiger partial charge in [0.15, 0.2) is 0 Å². The van der Waals surface area contributed by atoms with Gasteiger partial charge in [-0.05, 0) is 18.6 Å². The number of nitrogens with one attached hydrogen (secondary N) is 1. The number of hydrogen-bond donors (Lipinski definition) is 1. The number of methoxy groups -OCH3 is 2. The lowest BCUT2D eigenvalue weighted by molar-refractivity contribution is 0.0938. The highest BCUT2D eigenvalue weighted by molar-refractivity contribution is 6.00. The minimum Gasteiger partial charge on any atom is -0.496 e. The summed E-state index contributed by atoms with van der Waals surface area (Å²) in [6, 6.07) is 4.86. The zero-order valence-corrected chi connectivity index (χ0v) is 10.8. The van der Waals surface area contributed by atoms with Crippen molar-refractivity contribution >= 4 is 5.91 Å². The maximum Gasteiger partial charge on any atom is 0.259 e. The van der Waals surface area contributed by atoms with Crippen LogP contribution in [-0.4, -0.2) is 26.2 Å². The van der Waals surface area contributed by atoms with Crippen molar-refractivity contribution in [2.24, 2.45) is 0 Å². The molecule has 0 fully saturated rings. The van der Waals surface area contributed by atoms with Gasteiger partial charge in [0.25, 0.3) is 5.91 Å². The maximum absolute atomic E-state index is 12.2. The molecule has 0 radical (unpaired) electrons. The zero-order chi connectivity index (χ0) is 13.5. The first-order valence-corrected chi connectivity index (χ1v) is 5.65. The van der Waals surface area contributed by atoms with Crippen molar-refractivity contribution in [1.29, 1.82) is 0 Å². The van der Waals surface area contributed by atoms with Gasteiger partial charge < -0.3 is 14.8 Å². The van der Waals surface area contributed by atoms with Crippen LogP contribution in [0.25, 0.3) is 0 Å². The van der Waals surface area contributed by atoms with Gasteiger partial charge in [0, 0.05) is 0 Å². The predicted octanol–water partition coefficient (Wildman–Crippen LogP) is 1.85. The minimum atomic E-state index is -0.299. The van der Waals surface area contributed by atoms with Crippen molar-refractivity contribution in [1.82, 2.24) is 5.32 Å². The van der Waals surface area contributed by atoms with Crippen LogP contribution in [0.15, 0.2) is 18.2 Å². The highest BCUT2D eigenvalue weighted by Crippen LogP contribution is 2.28. The molecule has 0 aliphatic carbocycles. The van der Waals surface area contributed by atoms with Crippen molar-refractivity contribution in [3.05, 3.63) is 23.8 Å². The summed E-state index contributed by atoms with van der Waals surface area (Å²) in [5.74, 6) is 3.13. The summed E-state index contributed by atoms with van der Waals surface area (Å²) in [7, 11) is 3.01. The van der Waals surface area contributed by atoms with Gasteiger partial charge in [0.1, 0.15) is 17.1 Å². The molecule has 4 nitrogen and oxygen atoms in total. The Morgan fingerprint density at radius 1 is 1.39 bits per heavy atom. The smallest absolute Gasteiger partial charge is 0.259 e. The second-order valence-electron chi connectivity index (χ2n) is 3.64. The van der Waals surface area contributed by atoms with Crippen molar-refractivity contribution in [2.45, 2.75) is 19.4 Å². The molecule has 0 aliphatic heterocycles. The molecular formula is C14H17NO3. The third-order valence-electron chi connectivity index (χ3n) is 2.57. The normalized spacial score (nSPS) is 11.2. The van der Waals surface area contributed by atoms with Crippen molar-refractivity contribution < 1.29 is 14.3 Å². The molecule has 0 heterocycles. The van der Waals surface area contributed by atoms with Crippen LogP contribution < -0.4 is 14.8 Å². The molecule has 1 amide bonds. The van der Waals surface area contributed by atoms with E-state index >= 15 is 0 Å². The van der Waals surface area contributed by atoms with Gasteiger partial charge in [-0.3, -0.25) is 4.79 Å². The number of benzene rings is 1. The van der Waals surface area contributed by atoms with Crippen LogP contribution in [0.1, 0.15) is 23.7 Å². The lowest BCUT2D eigenvalue weighted by atomic mass is 10.1. The quantitative estimate of drug-likeness (QED) is 0.808. The lowest BCUT2D eigenvalue weighted by Crippen LogP contribution is -2.33. The monoisotopic (exact) mass is 247 g/mol. The van der Waals surface area contributed by atoms with Crippen LogP contribution in [0.5, 0.6) is 11.5 Å². The molecule has 4 heteroatoms. The van der Waals surface area contributed by atoms with Gasteiger partial charge in [-0.15, -0.1) is 6.42 Å². The van der Waals surface area contributed by atoms with E-state index in [2.05, 4.69) is 11.2 Å². The van der Waals surface area contributed by atoms with Gasteiger partial charge >= 0.3 is 0 Å². The number of amides is 1. The average Bonchev–Trinajstić information content (AvgIpc) is 2.43. The second kappa shape index (κ2) is 6.55. The third-order valence-corrected chi connectivity index (χ3v) is 2.57. The Kier molecular flexibility index (Phi) is 5.06. The molecule has 0 aliphatic rings. The SMILES string of the molecule is C#CC(CC)NC(=O)c1c(OC)cccc1OC. The first kappa shape index (κ1) is 13.9. The fraction of sp³-hybridized carbons (Fsp3) is 0.357. The summed E-state index contributed by atoms with van der Waals surface area (Å²) < 4.78 is 10.3. The molecule has 1 N–H and O–H groups in total. The van der Waals surface area contributed by atoms with Crippen LogP contribution in [0, 0.1) is 12.3 Å². The van der Waals surface area contributed by atoms with Crippen LogP contribution in [0.4, 0.5) is 0 Å². The molecule has 0 saturated carbocycles. The average molecular weight is 247 g/mol. The largest absolute Gasteiger partial charge is 0.496 e. The summed E-state index contributed by atoms with van der Waals surface area (Å²) in [4.78, 5) is 12.2. The molecule has 0 saturated heterocycles. The van der Waals surface area contributed by atoms with E-state index in [1.165, 1.54) is 14.2 Å². The predicted molar refractivity (Wildman–Crippen MR) is 69.9 cm³/mol.